The summed E-state index contributed by atoms with van der Waals surface area (Å²) in [5.74, 6) is -0.231. The summed E-state index contributed by atoms with van der Waals surface area (Å²) in [4.78, 5) is 23.8. The highest BCUT2D eigenvalue weighted by Crippen LogP contribution is 2.03. The molecule has 0 aliphatic heterocycles. The van der Waals surface area contributed by atoms with Crippen molar-refractivity contribution in [3.63, 3.8) is 0 Å². The molecule has 0 saturated carbocycles. The van der Waals surface area contributed by atoms with Gasteiger partial charge in [-0.15, -0.1) is 0 Å². The lowest BCUT2D eigenvalue weighted by molar-refractivity contribution is -0.145. The summed E-state index contributed by atoms with van der Waals surface area (Å²) in [5, 5.41) is 0. The molecule has 5 heteroatoms. The molecular weight excluding hydrogens is 270 g/mol. The first-order chi connectivity index (χ1) is 10.2. The number of aromatic nitrogens is 1. The fraction of sp³-hybridized carbons (Fsp3) is 0.250. The largest absolute Gasteiger partial charge is 0.488 e. The van der Waals surface area contributed by atoms with Crippen LogP contribution in [-0.4, -0.2) is 17.1 Å². The van der Waals surface area contributed by atoms with Gasteiger partial charge in [-0.2, -0.15) is 0 Å². The molecule has 0 saturated heterocycles. The number of benzene rings is 1. The van der Waals surface area contributed by atoms with Gasteiger partial charge in [-0.25, -0.2) is 0 Å². The van der Waals surface area contributed by atoms with Crippen molar-refractivity contribution in [1.82, 2.24) is 4.57 Å². The highest BCUT2D eigenvalue weighted by atomic mass is 16.5. The Morgan fingerprint density at radius 1 is 1.14 bits per heavy atom. The predicted octanol–water partition coefficient (Wildman–Crippen LogP) is 1.99. The monoisotopic (exact) mass is 287 g/mol. The molecule has 0 radical (unpaired) electrons. The molecule has 5 nitrogen and oxygen atoms in total. The van der Waals surface area contributed by atoms with Gasteiger partial charge in [0.2, 0.25) is 0 Å². The molecule has 0 bridgehead atoms. The molecule has 1 aromatic carbocycles. The number of nitrogens with zero attached hydrogens (tertiary/aromatic N) is 1. The fourth-order valence-electron chi connectivity index (χ4n) is 1.83. The molecule has 0 aliphatic carbocycles. The van der Waals surface area contributed by atoms with Gasteiger partial charge in [0, 0.05) is 6.20 Å². The molecular formula is C16H17NO4. The highest BCUT2D eigenvalue weighted by molar-refractivity contribution is 5.69. The average Bonchev–Trinajstić information content (AvgIpc) is 2.50. The van der Waals surface area contributed by atoms with E-state index in [0.29, 0.717) is 6.61 Å². The Morgan fingerprint density at radius 2 is 1.90 bits per heavy atom. The summed E-state index contributed by atoms with van der Waals surface area (Å²) in [6.45, 7) is 2.26. The van der Waals surface area contributed by atoms with Crippen LogP contribution in [0.3, 0.4) is 0 Å². The zero-order valence-corrected chi connectivity index (χ0v) is 11.8. The lowest BCUT2D eigenvalue weighted by atomic mass is 10.2. The summed E-state index contributed by atoms with van der Waals surface area (Å²) >= 11 is 0. The van der Waals surface area contributed by atoms with E-state index in [0.717, 1.165) is 5.56 Å². The average molecular weight is 287 g/mol. The SMILES string of the molecule is CCOc1cccn(CC(=O)OCc2ccccc2)c1=O. The maximum atomic E-state index is 12.0. The highest BCUT2D eigenvalue weighted by Gasteiger charge is 2.09. The Bertz CT molecular complexity index is 649. The van der Waals surface area contributed by atoms with Gasteiger partial charge in [-0.1, -0.05) is 30.3 Å². The van der Waals surface area contributed by atoms with Crippen molar-refractivity contribution in [2.75, 3.05) is 6.61 Å². The van der Waals surface area contributed by atoms with E-state index in [9.17, 15) is 9.59 Å². The molecule has 2 rings (SSSR count). The molecule has 0 atom stereocenters. The van der Waals surface area contributed by atoms with Crippen LogP contribution >= 0.6 is 0 Å². The zero-order valence-electron chi connectivity index (χ0n) is 11.8. The Balaban J connectivity index is 1.97. The molecule has 0 unspecified atom stereocenters. The first-order valence-electron chi connectivity index (χ1n) is 6.72. The Morgan fingerprint density at radius 3 is 2.62 bits per heavy atom. The minimum absolute atomic E-state index is 0.132. The normalized spacial score (nSPS) is 10.1. The smallest absolute Gasteiger partial charge is 0.326 e. The van der Waals surface area contributed by atoms with Crippen molar-refractivity contribution >= 4 is 5.97 Å². The quantitative estimate of drug-likeness (QED) is 0.762. The van der Waals surface area contributed by atoms with Gasteiger partial charge < -0.3 is 14.0 Å². The van der Waals surface area contributed by atoms with Crippen LogP contribution in [0.15, 0.2) is 53.5 Å². The van der Waals surface area contributed by atoms with Crippen molar-refractivity contribution in [1.29, 1.82) is 0 Å². The van der Waals surface area contributed by atoms with E-state index >= 15 is 0 Å². The molecule has 1 aromatic heterocycles. The van der Waals surface area contributed by atoms with Gasteiger partial charge in [-0.3, -0.25) is 9.59 Å². The van der Waals surface area contributed by atoms with E-state index in [1.54, 1.807) is 19.1 Å². The van der Waals surface area contributed by atoms with Crippen molar-refractivity contribution in [2.24, 2.45) is 0 Å². The lowest BCUT2D eigenvalue weighted by Crippen LogP contribution is -2.25. The minimum atomic E-state index is -0.463. The second-order valence-electron chi connectivity index (χ2n) is 4.38. The number of hydrogen-bond acceptors (Lipinski definition) is 4. The number of ether oxygens (including phenoxy) is 2. The number of carbonyl (C=O) groups is 1. The number of esters is 1. The van der Waals surface area contributed by atoms with E-state index in [2.05, 4.69) is 0 Å². The maximum absolute atomic E-state index is 12.0. The minimum Gasteiger partial charge on any atom is -0.488 e. The van der Waals surface area contributed by atoms with Crippen LogP contribution in [0, 0.1) is 0 Å². The second kappa shape index (κ2) is 7.28. The van der Waals surface area contributed by atoms with Gasteiger partial charge in [0.25, 0.3) is 5.56 Å². The molecule has 0 spiro atoms. The van der Waals surface area contributed by atoms with Crippen LogP contribution in [0.2, 0.25) is 0 Å². The molecule has 0 aliphatic rings. The van der Waals surface area contributed by atoms with E-state index in [1.165, 1.54) is 10.8 Å². The zero-order chi connectivity index (χ0) is 15.1. The van der Waals surface area contributed by atoms with Crippen LogP contribution in [-0.2, 0) is 22.7 Å². The topological polar surface area (TPSA) is 57.5 Å². The molecule has 0 fully saturated rings. The summed E-state index contributed by atoms with van der Waals surface area (Å²) < 4.78 is 11.6. The van der Waals surface area contributed by atoms with Crippen molar-refractivity contribution in [3.8, 4) is 5.75 Å². The third kappa shape index (κ3) is 4.21. The Hall–Kier alpha value is -2.56. The Kier molecular flexibility index (Phi) is 5.15. The van der Waals surface area contributed by atoms with Crippen molar-refractivity contribution in [3.05, 3.63) is 64.6 Å². The second-order valence-corrected chi connectivity index (χ2v) is 4.38. The summed E-state index contributed by atoms with van der Waals surface area (Å²) in [7, 11) is 0. The van der Waals surface area contributed by atoms with Crippen LogP contribution in [0.1, 0.15) is 12.5 Å². The third-order valence-electron chi connectivity index (χ3n) is 2.83. The van der Waals surface area contributed by atoms with Crippen LogP contribution in [0.25, 0.3) is 0 Å². The Labute approximate surface area is 122 Å². The first kappa shape index (κ1) is 14.8. The summed E-state index contributed by atoms with van der Waals surface area (Å²) in [5.41, 5.74) is 0.567. The summed E-state index contributed by atoms with van der Waals surface area (Å²) in [6, 6.07) is 12.6. The summed E-state index contributed by atoms with van der Waals surface area (Å²) in [6.07, 6.45) is 1.54. The predicted molar refractivity (Wildman–Crippen MR) is 78.1 cm³/mol. The van der Waals surface area contributed by atoms with Crippen molar-refractivity contribution in [2.45, 2.75) is 20.1 Å². The molecule has 21 heavy (non-hydrogen) atoms. The standard InChI is InChI=1S/C16H17NO4/c1-2-20-14-9-6-10-17(16(14)19)11-15(18)21-12-13-7-4-3-5-8-13/h3-10H,2,11-12H2,1H3. The number of hydrogen-bond donors (Lipinski definition) is 0. The lowest BCUT2D eigenvalue weighted by Gasteiger charge is -2.08. The van der Waals surface area contributed by atoms with E-state index < -0.39 is 5.97 Å². The molecule has 110 valence electrons. The van der Waals surface area contributed by atoms with E-state index in [-0.39, 0.29) is 24.5 Å². The van der Waals surface area contributed by atoms with Crippen LogP contribution < -0.4 is 10.3 Å². The molecule has 2 aromatic rings. The molecule has 0 amide bonds. The van der Waals surface area contributed by atoms with Crippen molar-refractivity contribution < 1.29 is 14.3 Å². The van der Waals surface area contributed by atoms with Crippen LogP contribution in [0.5, 0.6) is 5.75 Å². The van der Waals surface area contributed by atoms with E-state index in [4.69, 9.17) is 9.47 Å². The van der Waals surface area contributed by atoms with Gasteiger partial charge >= 0.3 is 5.97 Å². The number of rotatable bonds is 6. The fourth-order valence-corrected chi connectivity index (χ4v) is 1.83. The third-order valence-corrected chi connectivity index (χ3v) is 2.83. The van der Waals surface area contributed by atoms with Gasteiger partial charge in [0.15, 0.2) is 5.75 Å². The maximum Gasteiger partial charge on any atom is 0.326 e. The van der Waals surface area contributed by atoms with Gasteiger partial charge in [0.1, 0.15) is 13.2 Å². The van der Waals surface area contributed by atoms with Crippen LogP contribution in [0.4, 0.5) is 0 Å². The number of carbonyl (C=O) groups excluding carboxylic acids is 1. The molecule has 0 N–H and O–H groups in total. The van der Waals surface area contributed by atoms with Gasteiger partial charge in [0.05, 0.1) is 6.61 Å². The van der Waals surface area contributed by atoms with Gasteiger partial charge in [-0.05, 0) is 24.6 Å². The van der Waals surface area contributed by atoms with E-state index in [1.807, 2.05) is 30.3 Å². The number of pyridine rings is 1. The molecule has 1 heterocycles. The first-order valence-corrected chi connectivity index (χ1v) is 6.72.